The molecule has 0 aromatic heterocycles. The van der Waals surface area contributed by atoms with Crippen LogP contribution in [0.4, 0.5) is 11.4 Å². The van der Waals surface area contributed by atoms with Crippen LogP contribution in [0.2, 0.25) is 0 Å². The maximum absolute atomic E-state index is 12.2. The lowest BCUT2D eigenvalue weighted by Gasteiger charge is -2.11. The third kappa shape index (κ3) is 3.03. The molecule has 0 aliphatic carbocycles. The molecule has 0 bridgehead atoms. The molecule has 2 rings (SSSR count). The van der Waals surface area contributed by atoms with Crippen molar-refractivity contribution in [2.75, 3.05) is 5.32 Å². The fraction of sp³-hybridized carbons (Fsp3) is 0. The lowest BCUT2D eigenvalue weighted by atomic mass is 10.0. The zero-order chi connectivity index (χ0) is 15.4. The summed E-state index contributed by atoms with van der Waals surface area (Å²) in [5.74, 6) is -2.54. The van der Waals surface area contributed by atoms with Gasteiger partial charge in [0.05, 0.1) is 10.9 Å². The van der Waals surface area contributed by atoms with Crippen LogP contribution in [0.5, 0.6) is 0 Å². The number of nitro groups is 1. The van der Waals surface area contributed by atoms with Crippen LogP contribution in [0, 0.1) is 10.1 Å². The largest absolute Gasteiger partial charge is 0.545 e. The van der Waals surface area contributed by atoms with Gasteiger partial charge in [-0.15, -0.1) is 0 Å². The number of benzene rings is 2. The highest BCUT2D eigenvalue weighted by Gasteiger charge is 2.24. The Balaban J connectivity index is 2.48. The fourth-order valence-electron chi connectivity index (χ4n) is 1.82. The molecule has 106 valence electrons. The van der Waals surface area contributed by atoms with E-state index >= 15 is 0 Å². The molecule has 21 heavy (non-hydrogen) atoms. The zero-order valence-corrected chi connectivity index (χ0v) is 10.6. The number of hydrogen-bond acceptors (Lipinski definition) is 5. The summed E-state index contributed by atoms with van der Waals surface area (Å²) in [6.45, 7) is 0. The zero-order valence-electron chi connectivity index (χ0n) is 10.6. The topological polar surface area (TPSA) is 112 Å². The molecule has 0 spiro atoms. The van der Waals surface area contributed by atoms with E-state index in [-0.39, 0.29) is 0 Å². The highest BCUT2D eigenvalue weighted by atomic mass is 16.6. The number of carbonyl (C=O) groups excluding carboxylic acids is 2. The quantitative estimate of drug-likeness (QED) is 0.670. The summed E-state index contributed by atoms with van der Waals surface area (Å²) in [5, 5.41) is 24.4. The predicted octanol–water partition coefficient (Wildman–Crippen LogP) is 1.21. The molecule has 2 aromatic carbocycles. The Bertz CT molecular complexity index is 680. The summed E-state index contributed by atoms with van der Waals surface area (Å²) in [5.41, 5.74) is -1.26. The van der Waals surface area contributed by atoms with Gasteiger partial charge in [0.2, 0.25) is 0 Å². The fourth-order valence-corrected chi connectivity index (χ4v) is 1.82. The minimum Gasteiger partial charge on any atom is -0.545 e. The molecular formula is C14H9N2O5-. The third-order valence-electron chi connectivity index (χ3n) is 2.72. The number of rotatable bonds is 4. The van der Waals surface area contributed by atoms with E-state index in [2.05, 4.69) is 5.32 Å². The van der Waals surface area contributed by atoms with Gasteiger partial charge in [0.15, 0.2) is 0 Å². The van der Waals surface area contributed by atoms with Gasteiger partial charge in [-0.25, -0.2) is 0 Å². The number of amides is 1. The van der Waals surface area contributed by atoms with Crippen LogP contribution >= 0.6 is 0 Å². The molecule has 0 unspecified atom stereocenters. The first-order chi connectivity index (χ1) is 10.0. The Morgan fingerprint density at radius 1 is 1.00 bits per heavy atom. The van der Waals surface area contributed by atoms with Gasteiger partial charge in [0.25, 0.3) is 11.6 Å². The van der Waals surface area contributed by atoms with E-state index in [1.165, 1.54) is 6.07 Å². The first kappa shape index (κ1) is 14.2. The molecule has 1 amide bonds. The Kier molecular flexibility index (Phi) is 3.94. The third-order valence-corrected chi connectivity index (χ3v) is 2.72. The lowest BCUT2D eigenvalue weighted by Crippen LogP contribution is -2.27. The molecule has 0 radical (unpaired) electrons. The van der Waals surface area contributed by atoms with E-state index in [0.29, 0.717) is 5.69 Å². The van der Waals surface area contributed by atoms with Crippen molar-refractivity contribution in [3.05, 3.63) is 69.8 Å². The Morgan fingerprint density at radius 3 is 2.24 bits per heavy atom. The molecule has 7 heteroatoms. The highest BCUT2D eigenvalue weighted by molar-refractivity contribution is 6.13. The number of para-hydroxylation sites is 1. The van der Waals surface area contributed by atoms with E-state index in [0.717, 1.165) is 12.1 Å². The van der Waals surface area contributed by atoms with Gasteiger partial charge in [-0.05, 0) is 12.1 Å². The molecule has 0 atom stereocenters. The number of carboxylic acid groups (broad SMARTS) is 1. The molecule has 0 heterocycles. The van der Waals surface area contributed by atoms with Crippen LogP contribution in [0.25, 0.3) is 0 Å². The number of hydrogen-bond donors (Lipinski definition) is 1. The number of nitrogens with zero attached hydrogens (tertiary/aromatic N) is 1. The molecule has 7 nitrogen and oxygen atoms in total. The van der Waals surface area contributed by atoms with E-state index in [1.807, 2.05) is 0 Å². The van der Waals surface area contributed by atoms with Crippen molar-refractivity contribution in [1.82, 2.24) is 0 Å². The number of aromatic carboxylic acids is 1. The average molecular weight is 285 g/mol. The summed E-state index contributed by atoms with van der Waals surface area (Å²) >= 11 is 0. The normalized spacial score (nSPS) is 9.90. The van der Waals surface area contributed by atoms with E-state index in [1.54, 1.807) is 30.3 Å². The minimum absolute atomic E-state index is 0.393. The van der Waals surface area contributed by atoms with Crippen molar-refractivity contribution in [1.29, 1.82) is 0 Å². The van der Waals surface area contributed by atoms with E-state index < -0.39 is 33.6 Å². The monoisotopic (exact) mass is 285 g/mol. The van der Waals surface area contributed by atoms with Gasteiger partial charge in [0.1, 0.15) is 5.56 Å². The molecule has 1 N–H and O–H groups in total. The van der Waals surface area contributed by atoms with Crippen LogP contribution in [0.1, 0.15) is 20.7 Å². The van der Waals surface area contributed by atoms with Gasteiger partial charge in [-0.1, -0.05) is 30.3 Å². The van der Waals surface area contributed by atoms with Gasteiger partial charge in [-0.2, -0.15) is 0 Å². The van der Waals surface area contributed by atoms with Gasteiger partial charge < -0.3 is 15.2 Å². The first-order valence-corrected chi connectivity index (χ1v) is 5.86. The summed E-state index contributed by atoms with van der Waals surface area (Å²) in [6.07, 6.45) is 0. The predicted molar refractivity (Wildman–Crippen MR) is 71.8 cm³/mol. The molecule has 0 saturated carbocycles. The number of nitrogens with one attached hydrogen (secondary N) is 1. The van der Waals surface area contributed by atoms with Gasteiger partial charge in [-0.3, -0.25) is 14.9 Å². The van der Waals surface area contributed by atoms with Crippen LogP contribution in [-0.4, -0.2) is 16.8 Å². The maximum atomic E-state index is 12.2. The SMILES string of the molecule is O=C([O-])c1cccc([N+](=O)[O-])c1C(=O)Nc1ccccc1. The van der Waals surface area contributed by atoms with Crippen molar-refractivity contribution < 1.29 is 19.6 Å². The van der Waals surface area contributed by atoms with Crippen molar-refractivity contribution in [3.8, 4) is 0 Å². The van der Waals surface area contributed by atoms with E-state index in [9.17, 15) is 24.8 Å². The van der Waals surface area contributed by atoms with Gasteiger partial charge >= 0.3 is 0 Å². The number of anilines is 1. The Labute approximate surface area is 119 Å². The van der Waals surface area contributed by atoms with Crippen LogP contribution in [-0.2, 0) is 0 Å². The second-order valence-corrected chi connectivity index (χ2v) is 4.06. The Morgan fingerprint density at radius 2 is 1.67 bits per heavy atom. The van der Waals surface area contributed by atoms with E-state index in [4.69, 9.17) is 0 Å². The maximum Gasteiger partial charge on any atom is 0.282 e. The standard InChI is InChI=1S/C14H10N2O5/c17-13(15-9-5-2-1-3-6-9)12-10(14(18)19)7-4-8-11(12)16(20)21/h1-8H,(H,15,17)(H,18,19)/p-1. The second kappa shape index (κ2) is 5.83. The van der Waals surface area contributed by atoms with Crippen LogP contribution in [0.3, 0.4) is 0 Å². The number of nitro benzene ring substituents is 1. The highest BCUT2D eigenvalue weighted by Crippen LogP contribution is 2.23. The number of carboxylic acids is 1. The molecule has 0 fully saturated rings. The summed E-state index contributed by atoms with van der Waals surface area (Å²) in [4.78, 5) is 33.4. The summed E-state index contributed by atoms with van der Waals surface area (Å²) < 4.78 is 0. The molecule has 2 aromatic rings. The molecular weight excluding hydrogens is 276 g/mol. The average Bonchev–Trinajstić information content (AvgIpc) is 2.47. The van der Waals surface area contributed by atoms with Gasteiger partial charge in [0, 0.05) is 17.3 Å². The van der Waals surface area contributed by atoms with Crippen molar-refractivity contribution >= 4 is 23.3 Å². The van der Waals surface area contributed by atoms with Crippen LogP contribution < -0.4 is 10.4 Å². The minimum atomic E-state index is -1.66. The van der Waals surface area contributed by atoms with Crippen LogP contribution in [0.15, 0.2) is 48.5 Å². The second-order valence-electron chi connectivity index (χ2n) is 4.06. The first-order valence-electron chi connectivity index (χ1n) is 5.86. The lowest BCUT2D eigenvalue weighted by molar-refractivity contribution is -0.385. The molecule has 0 aliphatic heterocycles. The summed E-state index contributed by atoms with van der Waals surface area (Å²) in [6, 6.07) is 11.5. The smallest absolute Gasteiger partial charge is 0.282 e. The molecule has 0 aliphatic rings. The van der Waals surface area contributed by atoms with Crippen molar-refractivity contribution in [3.63, 3.8) is 0 Å². The van der Waals surface area contributed by atoms with Crippen molar-refractivity contribution in [2.45, 2.75) is 0 Å². The molecule has 0 saturated heterocycles. The Hall–Kier alpha value is -3.22. The van der Waals surface area contributed by atoms with Crippen molar-refractivity contribution in [2.24, 2.45) is 0 Å². The summed E-state index contributed by atoms with van der Waals surface area (Å²) in [7, 11) is 0. The number of carbonyl (C=O) groups is 2.